The van der Waals surface area contributed by atoms with Crippen LogP contribution in [0.3, 0.4) is 0 Å². The summed E-state index contributed by atoms with van der Waals surface area (Å²) in [4.78, 5) is 50.1. The van der Waals surface area contributed by atoms with Gasteiger partial charge < -0.3 is 39.7 Å². The largest absolute Gasteiger partial charge is 0.508 e. The Morgan fingerprint density at radius 1 is 0.911 bits per heavy atom. The number of nitrogens with zero attached hydrogens (tertiary/aromatic N) is 10. The quantitative estimate of drug-likeness (QED) is 0.0833. The number of likely N-dealkylation sites (tertiary alicyclic amines) is 2. The second-order valence-electron chi connectivity index (χ2n) is 22.5. The number of anilines is 2. The molecule has 5 saturated heterocycles. The Labute approximate surface area is 461 Å². The van der Waals surface area contributed by atoms with Gasteiger partial charge >= 0.3 is 6.01 Å². The van der Waals surface area contributed by atoms with Crippen LogP contribution in [0, 0.1) is 17.7 Å². The maximum Gasteiger partial charge on any atom is 0.319 e. The number of carbonyl (C=O) groups excluding carboxylic acids is 2. The summed E-state index contributed by atoms with van der Waals surface area (Å²) < 4.78 is 30.9. The third-order valence-corrected chi connectivity index (χ3v) is 16.8. The number of amides is 2. The lowest BCUT2D eigenvalue weighted by Crippen LogP contribution is -2.51. The van der Waals surface area contributed by atoms with Gasteiger partial charge in [0, 0.05) is 82.4 Å². The van der Waals surface area contributed by atoms with E-state index in [1.54, 1.807) is 29.4 Å². The Bertz CT molecular complexity index is 3270. The van der Waals surface area contributed by atoms with Gasteiger partial charge in [-0.05, 0) is 129 Å². The standard InChI is InChI=1S/C58H67FN12O5.C3H8/c1-4-38-7-5-8-41-26-44(72)27-46(52(38)41)54-53(59)55-47(30-60-54)56(70-33-42-14-15-43(34-70)63-42)65-58(64-55)75-24-23-68-21-17-36(18-22-68)25-37-31-69(32-37)50-28-45(76-66-50)29-51(73)71-20-6-9-49(71)57(74)62-35(2)39-10-12-40(13-11-39)48-16-19-61-67(48)3;1-3-2/h5,7-8,10-13,16,19,26-28,30,35-37,42-43,49,63,72H,4,6,9,14-15,17-18,20-25,29,31-34H2,1-3H3,(H,62,74);3H2,1-2H3. The monoisotopic (exact) mass is 1070 g/mol. The van der Waals surface area contributed by atoms with Crippen LogP contribution in [0.15, 0.2) is 83.6 Å². The van der Waals surface area contributed by atoms with Gasteiger partial charge in [0.1, 0.15) is 41.2 Å². The van der Waals surface area contributed by atoms with E-state index in [1.165, 1.54) is 6.42 Å². The molecule has 12 rings (SSSR count). The predicted octanol–water partition coefficient (Wildman–Crippen LogP) is 9.03. The summed E-state index contributed by atoms with van der Waals surface area (Å²) in [5.41, 5.74) is 4.94. The molecule has 0 saturated carbocycles. The van der Waals surface area contributed by atoms with Crippen molar-refractivity contribution in [3.8, 4) is 34.3 Å². The van der Waals surface area contributed by atoms with E-state index in [-0.39, 0.29) is 47.2 Å². The number of carbonyl (C=O) groups is 2. The van der Waals surface area contributed by atoms with Crippen LogP contribution in [0.5, 0.6) is 11.8 Å². The molecule has 0 aliphatic carbocycles. The zero-order valence-electron chi connectivity index (χ0n) is 46.3. The van der Waals surface area contributed by atoms with Crippen LogP contribution >= 0.6 is 0 Å². The van der Waals surface area contributed by atoms with E-state index in [9.17, 15) is 14.7 Å². The molecule has 0 radical (unpaired) electrons. The number of piperidine rings is 1. The number of hydrogen-bond acceptors (Lipinski definition) is 14. The molecule has 2 bridgehead atoms. The van der Waals surface area contributed by atoms with E-state index >= 15 is 4.39 Å². The van der Waals surface area contributed by atoms with Crippen LogP contribution in [0.1, 0.15) is 102 Å². The number of aromatic nitrogens is 6. The second-order valence-corrected chi connectivity index (χ2v) is 22.5. The molecule has 4 atom stereocenters. The van der Waals surface area contributed by atoms with Crippen molar-refractivity contribution in [2.24, 2.45) is 18.9 Å². The van der Waals surface area contributed by atoms with Crippen molar-refractivity contribution >= 4 is 45.1 Å². The number of phenols is 1. The lowest BCUT2D eigenvalue weighted by Gasteiger charge is -2.42. The number of halogens is 1. The minimum absolute atomic E-state index is 0.0489. The number of aryl methyl sites for hydroxylation is 2. The van der Waals surface area contributed by atoms with E-state index in [1.807, 2.05) is 73.3 Å². The molecule has 79 heavy (non-hydrogen) atoms. The molecule has 5 aliphatic heterocycles. The van der Waals surface area contributed by atoms with Crippen molar-refractivity contribution in [2.45, 2.75) is 116 Å². The molecule has 18 heteroatoms. The number of hydrogen-bond donors (Lipinski definition) is 3. The molecule has 5 fully saturated rings. The average Bonchev–Trinajstić information content (AvgIpc) is 4.41. The van der Waals surface area contributed by atoms with Crippen LogP contribution in [0.4, 0.5) is 16.0 Å². The molecular formula is C61H75FN12O5. The topological polar surface area (TPSA) is 183 Å². The fraction of sp³-hybridized carbons (Fsp3) is 0.492. The Morgan fingerprint density at radius 2 is 1.68 bits per heavy atom. The molecule has 9 heterocycles. The van der Waals surface area contributed by atoms with E-state index in [0.717, 1.165) is 123 Å². The zero-order chi connectivity index (χ0) is 54.7. The summed E-state index contributed by atoms with van der Waals surface area (Å²) in [5.74, 6) is 2.32. The van der Waals surface area contributed by atoms with Gasteiger partial charge in [-0.1, -0.05) is 74.8 Å². The highest BCUT2D eigenvalue weighted by Crippen LogP contribution is 2.40. The first-order valence-corrected chi connectivity index (χ1v) is 28.8. The van der Waals surface area contributed by atoms with E-state index in [4.69, 9.17) is 24.2 Å². The van der Waals surface area contributed by atoms with E-state index < -0.39 is 11.9 Å². The summed E-state index contributed by atoms with van der Waals surface area (Å²) in [6.45, 7) is 15.2. The van der Waals surface area contributed by atoms with Crippen molar-refractivity contribution in [3.05, 3.63) is 102 Å². The first kappa shape index (κ1) is 53.8. The SMILES string of the molecule is CCC.CCc1cccc2cc(O)cc(-c3ncc4c(N5CC6CCC(C5)N6)nc(OCCN5CCC(CC6CN(c7cc(CC(=O)N8CCCC8C(=O)NC(C)c8ccc(-c9ccnn9C)cc8)on7)C6)CC5)nc4c3F)c12. The summed E-state index contributed by atoms with van der Waals surface area (Å²) >= 11 is 0. The fourth-order valence-electron chi connectivity index (χ4n) is 12.7. The van der Waals surface area contributed by atoms with E-state index in [0.29, 0.717) is 72.6 Å². The first-order chi connectivity index (χ1) is 38.4. The third-order valence-electron chi connectivity index (χ3n) is 16.8. The van der Waals surface area contributed by atoms with Crippen LogP contribution < -0.4 is 25.2 Å². The maximum atomic E-state index is 17.1. The van der Waals surface area contributed by atoms with Crippen molar-refractivity contribution in [1.82, 2.24) is 50.3 Å². The number of phenolic OH excluding ortho intramolecular Hbond substituents is 1. The maximum absolute atomic E-state index is 17.1. The van der Waals surface area contributed by atoms with Crippen LogP contribution in [-0.4, -0.2) is 134 Å². The highest BCUT2D eigenvalue weighted by molar-refractivity contribution is 6.01. The van der Waals surface area contributed by atoms with Gasteiger partial charge in [0.15, 0.2) is 11.6 Å². The zero-order valence-corrected chi connectivity index (χ0v) is 46.3. The number of nitrogens with one attached hydrogen (secondary N) is 2. The van der Waals surface area contributed by atoms with Crippen molar-refractivity contribution in [3.63, 3.8) is 0 Å². The Morgan fingerprint density at radius 3 is 2.42 bits per heavy atom. The normalized spacial score (nSPS) is 20.1. The predicted molar refractivity (Wildman–Crippen MR) is 305 cm³/mol. The highest BCUT2D eigenvalue weighted by Gasteiger charge is 2.38. The lowest BCUT2D eigenvalue weighted by atomic mass is 9.83. The fourth-order valence-corrected chi connectivity index (χ4v) is 12.7. The number of benzene rings is 3. The summed E-state index contributed by atoms with van der Waals surface area (Å²) in [5, 5.41) is 28.4. The molecule has 416 valence electrons. The number of ether oxygens (including phenoxy) is 1. The Hall–Kier alpha value is -7.18. The molecule has 2 amide bonds. The van der Waals surface area contributed by atoms with Crippen LogP contribution in [-0.2, 0) is 29.5 Å². The molecule has 3 N–H and O–H groups in total. The molecule has 3 aromatic carbocycles. The molecule has 4 unspecified atom stereocenters. The van der Waals surface area contributed by atoms with Crippen molar-refractivity contribution in [1.29, 1.82) is 0 Å². The van der Waals surface area contributed by atoms with Gasteiger partial charge in [0.2, 0.25) is 11.8 Å². The highest BCUT2D eigenvalue weighted by atomic mass is 19.1. The van der Waals surface area contributed by atoms with Gasteiger partial charge in [-0.15, -0.1) is 0 Å². The molecule has 5 aliphatic rings. The number of rotatable bonds is 16. The molecule has 17 nitrogen and oxygen atoms in total. The van der Waals surface area contributed by atoms with Gasteiger partial charge in [0.05, 0.1) is 23.5 Å². The minimum Gasteiger partial charge on any atom is -0.508 e. The minimum atomic E-state index is -0.558. The lowest BCUT2D eigenvalue weighted by molar-refractivity contribution is -0.138. The van der Waals surface area contributed by atoms with Crippen molar-refractivity contribution in [2.75, 3.05) is 68.8 Å². The number of pyridine rings is 1. The molecule has 7 aromatic rings. The second kappa shape index (κ2) is 23.7. The average molecular weight is 1080 g/mol. The molecular weight excluding hydrogens is 1000 g/mol. The van der Waals surface area contributed by atoms with Gasteiger partial charge in [-0.2, -0.15) is 15.1 Å². The van der Waals surface area contributed by atoms with Crippen LogP contribution in [0.2, 0.25) is 0 Å². The van der Waals surface area contributed by atoms with Crippen molar-refractivity contribution < 1.29 is 28.3 Å². The first-order valence-electron chi connectivity index (χ1n) is 28.8. The van der Waals surface area contributed by atoms with Crippen LogP contribution in [0.25, 0.3) is 44.2 Å². The smallest absolute Gasteiger partial charge is 0.319 e. The summed E-state index contributed by atoms with van der Waals surface area (Å²) in [6.07, 6.45) is 12.5. The number of piperazine rings is 1. The number of fused-ring (bicyclic) bond motifs is 4. The molecule has 0 spiro atoms. The summed E-state index contributed by atoms with van der Waals surface area (Å²) in [6, 6.07) is 21.3. The Balaban J connectivity index is 0.00000215. The van der Waals surface area contributed by atoms with Gasteiger partial charge in [-0.3, -0.25) is 24.2 Å². The third kappa shape index (κ3) is 11.6. The Kier molecular flexibility index (Phi) is 16.1. The summed E-state index contributed by atoms with van der Waals surface area (Å²) in [7, 11) is 1.91. The van der Waals surface area contributed by atoms with Gasteiger partial charge in [0.25, 0.3) is 0 Å². The number of aromatic hydroxyl groups is 1. The van der Waals surface area contributed by atoms with Gasteiger partial charge in [-0.25, -0.2) is 4.39 Å². The molecule has 4 aromatic heterocycles. The van der Waals surface area contributed by atoms with E-state index in [2.05, 4.69) is 56.4 Å².